The van der Waals surface area contributed by atoms with Crippen molar-refractivity contribution in [2.45, 2.75) is 12.4 Å². The molecule has 0 amide bonds. The number of likely N-dealkylation sites (N-methyl/N-ethyl adjacent to an activating group) is 1. The van der Waals surface area contributed by atoms with Crippen LogP contribution in [0.5, 0.6) is 0 Å². The van der Waals surface area contributed by atoms with Gasteiger partial charge in [0.15, 0.2) is 0 Å². The van der Waals surface area contributed by atoms with Gasteiger partial charge in [0.1, 0.15) is 0 Å². The maximum atomic E-state index is 5.72. The molecule has 0 aromatic heterocycles. The predicted octanol–water partition coefficient (Wildman–Crippen LogP) is 2.08. The Morgan fingerprint density at radius 1 is 1.13 bits per heavy atom. The highest BCUT2D eigenvalue weighted by Gasteiger charge is 1.94. The molecule has 84 valence electrons. The van der Waals surface area contributed by atoms with E-state index in [1.807, 2.05) is 0 Å². The van der Waals surface area contributed by atoms with Crippen molar-refractivity contribution in [3.8, 4) is 0 Å². The first kappa shape index (κ1) is 12.5. The summed E-state index contributed by atoms with van der Waals surface area (Å²) in [6.07, 6.45) is 0. The molecule has 0 fully saturated rings. The van der Waals surface area contributed by atoms with E-state index in [9.17, 15) is 0 Å². The highest BCUT2D eigenvalue weighted by molar-refractivity contribution is 6.17. The van der Waals surface area contributed by atoms with Crippen LogP contribution in [-0.4, -0.2) is 32.1 Å². The van der Waals surface area contributed by atoms with Gasteiger partial charge >= 0.3 is 0 Å². The lowest BCUT2D eigenvalue weighted by Crippen LogP contribution is -2.26. The summed E-state index contributed by atoms with van der Waals surface area (Å²) in [4.78, 5) is 2.17. The first-order valence-electron chi connectivity index (χ1n) is 5.21. The average molecular weight is 227 g/mol. The fraction of sp³-hybridized carbons (Fsp3) is 0.500. The van der Waals surface area contributed by atoms with Gasteiger partial charge in [-0.15, -0.1) is 11.6 Å². The number of nitrogens with one attached hydrogen (secondary N) is 1. The summed E-state index contributed by atoms with van der Waals surface area (Å²) >= 11 is 5.72. The number of hydrogen-bond donors (Lipinski definition) is 1. The average Bonchev–Trinajstić information content (AvgIpc) is 2.25. The molecule has 0 aliphatic rings. The molecule has 1 aromatic carbocycles. The van der Waals surface area contributed by atoms with E-state index in [0.717, 1.165) is 19.6 Å². The molecule has 2 nitrogen and oxygen atoms in total. The lowest BCUT2D eigenvalue weighted by molar-refractivity contribution is 0.400. The lowest BCUT2D eigenvalue weighted by atomic mass is 10.1. The molecule has 0 aliphatic carbocycles. The standard InChI is InChI=1S/C12H19ClN2/c1-15(2)8-7-14-10-12-5-3-11(9-13)4-6-12/h3-6,14H,7-10H2,1-2H3. The summed E-state index contributed by atoms with van der Waals surface area (Å²) < 4.78 is 0. The zero-order valence-corrected chi connectivity index (χ0v) is 10.2. The molecule has 1 rings (SSSR count). The van der Waals surface area contributed by atoms with E-state index in [0.29, 0.717) is 5.88 Å². The molecule has 0 radical (unpaired) electrons. The maximum Gasteiger partial charge on any atom is 0.0474 e. The smallest absolute Gasteiger partial charge is 0.0474 e. The summed E-state index contributed by atoms with van der Waals surface area (Å²) in [7, 11) is 4.16. The van der Waals surface area contributed by atoms with Crippen molar-refractivity contribution in [1.82, 2.24) is 10.2 Å². The van der Waals surface area contributed by atoms with E-state index >= 15 is 0 Å². The minimum Gasteiger partial charge on any atom is -0.311 e. The minimum atomic E-state index is 0.592. The van der Waals surface area contributed by atoms with Crippen molar-refractivity contribution in [3.05, 3.63) is 35.4 Å². The second-order valence-electron chi connectivity index (χ2n) is 3.93. The van der Waals surface area contributed by atoms with Crippen LogP contribution in [0.1, 0.15) is 11.1 Å². The van der Waals surface area contributed by atoms with Crippen molar-refractivity contribution >= 4 is 11.6 Å². The number of hydrogen-bond acceptors (Lipinski definition) is 2. The number of alkyl halides is 1. The van der Waals surface area contributed by atoms with Gasteiger partial charge in [-0.3, -0.25) is 0 Å². The molecule has 0 heterocycles. The van der Waals surface area contributed by atoms with Gasteiger partial charge in [0.05, 0.1) is 0 Å². The monoisotopic (exact) mass is 226 g/mol. The number of nitrogens with zero attached hydrogens (tertiary/aromatic N) is 1. The highest BCUT2D eigenvalue weighted by atomic mass is 35.5. The fourth-order valence-corrected chi connectivity index (χ4v) is 1.46. The second kappa shape index (κ2) is 6.83. The van der Waals surface area contributed by atoms with E-state index in [-0.39, 0.29) is 0 Å². The molecular formula is C12H19ClN2. The quantitative estimate of drug-likeness (QED) is 0.590. The fourth-order valence-electron chi connectivity index (χ4n) is 1.28. The van der Waals surface area contributed by atoms with Gasteiger partial charge in [-0.25, -0.2) is 0 Å². The predicted molar refractivity (Wildman–Crippen MR) is 66.3 cm³/mol. The van der Waals surface area contributed by atoms with Gasteiger partial charge < -0.3 is 10.2 Å². The molecule has 0 spiro atoms. The van der Waals surface area contributed by atoms with E-state index < -0.39 is 0 Å². The Kier molecular flexibility index (Phi) is 5.69. The van der Waals surface area contributed by atoms with Crippen molar-refractivity contribution in [1.29, 1.82) is 0 Å². The maximum absolute atomic E-state index is 5.72. The Labute approximate surface area is 97.2 Å². The zero-order valence-electron chi connectivity index (χ0n) is 9.46. The Balaban J connectivity index is 2.25. The normalized spacial score (nSPS) is 10.9. The first-order valence-corrected chi connectivity index (χ1v) is 5.75. The minimum absolute atomic E-state index is 0.592. The van der Waals surface area contributed by atoms with Gasteiger partial charge in [0.2, 0.25) is 0 Å². The van der Waals surface area contributed by atoms with Crippen LogP contribution >= 0.6 is 11.6 Å². The second-order valence-corrected chi connectivity index (χ2v) is 4.20. The third-order valence-corrected chi connectivity index (χ3v) is 2.55. The zero-order chi connectivity index (χ0) is 11.1. The van der Waals surface area contributed by atoms with Crippen molar-refractivity contribution < 1.29 is 0 Å². The largest absolute Gasteiger partial charge is 0.311 e. The van der Waals surface area contributed by atoms with Crippen molar-refractivity contribution in [2.75, 3.05) is 27.2 Å². The summed E-state index contributed by atoms with van der Waals surface area (Å²) in [6.45, 7) is 3.01. The summed E-state index contributed by atoms with van der Waals surface area (Å²) in [6, 6.07) is 8.41. The Hall–Kier alpha value is -0.570. The topological polar surface area (TPSA) is 15.3 Å². The molecule has 0 saturated carbocycles. The van der Waals surface area contributed by atoms with Crippen LogP contribution in [0.3, 0.4) is 0 Å². The van der Waals surface area contributed by atoms with Crippen LogP contribution in [0, 0.1) is 0 Å². The lowest BCUT2D eigenvalue weighted by Gasteiger charge is -2.10. The third-order valence-electron chi connectivity index (χ3n) is 2.24. The Bertz CT molecular complexity index is 269. The Morgan fingerprint density at radius 3 is 2.27 bits per heavy atom. The van der Waals surface area contributed by atoms with Gasteiger partial charge in [-0.2, -0.15) is 0 Å². The molecule has 0 saturated heterocycles. The van der Waals surface area contributed by atoms with E-state index in [1.54, 1.807) is 0 Å². The number of benzene rings is 1. The van der Waals surface area contributed by atoms with Crippen LogP contribution in [0.25, 0.3) is 0 Å². The molecule has 0 unspecified atom stereocenters. The van der Waals surface area contributed by atoms with Gasteiger partial charge in [0, 0.05) is 25.5 Å². The van der Waals surface area contributed by atoms with Gasteiger partial charge in [0.25, 0.3) is 0 Å². The van der Waals surface area contributed by atoms with Crippen LogP contribution < -0.4 is 5.32 Å². The number of halogens is 1. The number of rotatable bonds is 6. The summed E-state index contributed by atoms with van der Waals surface area (Å²) in [5.74, 6) is 0.592. The summed E-state index contributed by atoms with van der Waals surface area (Å²) in [5.41, 5.74) is 2.48. The molecule has 0 aliphatic heterocycles. The SMILES string of the molecule is CN(C)CCNCc1ccc(CCl)cc1. The molecule has 1 aromatic rings. The molecule has 0 atom stereocenters. The van der Waals surface area contributed by atoms with E-state index in [4.69, 9.17) is 11.6 Å². The van der Waals surface area contributed by atoms with E-state index in [2.05, 4.69) is 48.6 Å². The van der Waals surface area contributed by atoms with Crippen molar-refractivity contribution in [3.63, 3.8) is 0 Å². The summed E-state index contributed by atoms with van der Waals surface area (Å²) in [5, 5.41) is 3.40. The Morgan fingerprint density at radius 2 is 1.73 bits per heavy atom. The van der Waals surface area contributed by atoms with Gasteiger partial charge in [-0.1, -0.05) is 24.3 Å². The molecule has 15 heavy (non-hydrogen) atoms. The molecule has 3 heteroatoms. The molecular weight excluding hydrogens is 208 g/mol. The van der Waals surface area contributed by atoms with Crippen molar-refractivity contribution in [2.24, 2.45) is 0 Å². The van der Waals surface area contributed by atoms with Crippen LogP contribution in [0.15, 0.2) is 24.3 Å². The third kappa shape index (κ3) is 5.17. The molecule has 1 N–H and O–H groups in total. The van der Waals surface area contributed by atoms with E-state index in [1.165, 1.54) is 11.1 Å². The molecule has 0 bridgehead atoms. The first-order chi connectivity index (χ1) is 7.22. The van der Waals surface area contributed by atoms with Gasteiger partial charge in [-0.05, 0) is 25.2 Å². The highest BCUT2D eigenvalue weighted by Crippen LogP contribution is 2.06. The van der Waals surface area contributed by atoms with Crippen LogP contribution in [0.2, 0.25) is 0 Å². The van der Waals surface area contributed by atoms with Crippen LogP contribution in [0.4, 0.5) is 0 Å². The van der Waals surface area contributed by atoms with Crippen LogP contribution in [-0.2, 0) is 12.4 Å².